The van der Waals surface area contributed by atoms with Gasteiger partial charge in [-0.3, -0.25) is 9.59 Å². The predicted octanol–water partition coefficient (Wildman–Crippen LogP) is 4.60. The van der Waals surface area contributed by atoms with Crippen molar-refractivity contribution in [2.24, 2.45) is 0 Å². The van der Waals surface area contributed by atoms with Crippen molar-refractivity contribution >= 4 is 23.6 Å². The summed E-state index contributed by atoms with van der Waals surface area (Å²) in [5.74, 6) is 1.08. The second-order valence-corrected chi connectivity index (χ2v) is 8.72. The highest BCUT2D eigenvalue weighted by molar-refractivity contribution is 7.99. The maximum Gasteiger partial charge on any atom is 0.242 e. The zero-order chi connectivity index (χ0) is 21.9. The van der Waals surface area contributed by atoms with Gasteiger partial charge in [-0.1, -0.05) is 61.5 Å². The second kappa shape index (κ2) is 12.4. The lowest BCUT2D eigenvalue weighted by Gasteiger charge is -2.29. The van der Waals surface area contributed by atoms with E-state index >= 15 is 0 Å². The predicted molar refractivity (Wildman–Crippen MR) is 127 cm³/mol. The number of carbonyl (C=O) groups is 2. The number of hydrogen-bond donors (Lipinski definition) is 1. The first kappa shape index (κ1) is 24.0. The van der Waals surface area contributed by atoms with Gasteiger partial charge in [0, 0.05) is 18.3 Å². The summed E-state index contributed by atoms with van der Waals surface area (Å²) >= 11 is 1.60. The van der Waals surface area contributed by atoms with E-state index in [1.807, 2.05) is 51.1 Å². The van der Waals surface area contributed by atoms with Gasteiger partial charge in [0.2, 0.25) is 11.8 Å². The van der Waals surface area contributed by atoms with Gasteiger partial charge in [0.1, 0.15) is 6.04 Å². The minimum atomic E-state index is -0.491. The van der Waals surface area contributed by atoms with Crippen molar-refractivity contribution < 1.29 is 9.59 Å². The molecule has 0 aliphatic heterocycles. The molecule has 0 spiro atoms. The van der Waals surface area contributed by atoms with Gasteiger partial charge in [0.05, 0.1) is 5.75 Å². The number of nitrogens with zero attached hydrogens (tertiary/aromatic N) is 1. The van der Waals surface area contributed by atoms with Crippen molar-refractivity contribution in [1.82, 2.24) is 10.2 Å². The molecule has 5 heteroatoms. The molecule has 0 aliphatic carbocycles. The van der Waals surface area contributed by atoms with Crippen LogP contribution in [0.15, 0.2) is 54.6 Å². The topological polar surface area (TPSA) is 49.4 Å². The third-order valence-corrected chi connectivity index (χ3v) is 6.36. The summed E-state index contributed by atoms with van der Waals surface area (Å²) in [7, 11) is 0. The SMILES string of the molecule is CC[C@H](C)NC(=O)[C@@H](C)N(CCc1ccccc1)C(=O)CSCc1ccccc1C. The Kier molecular flexibility index (Phi) is 9.95. The molecule has 0 aromatic heterocycles. The van der Waals surface area contributed by atoms with Gasteiger partial charge in [0.15, 0.2) is 0 Å². The third kappa shape index (κ3) is 7.52. The van der Waals surface area contributed by atoms with E-state index in [-0.39, 0.29) is 17.9 Å². The van der Waals surface area contributed by atoms with Crippen LogP contribution in [0.2, 0.25) is 0 Å². The van der Waals surface area contributed by atoms with Crippen LogP contribution < -0.4 is 5.32 Å². The Morgan fingerprint density at radius 3 is 2.37 bits per heavy atom. The highest BCUT2D eigenvalue weighted by atomic mass is 32.2. The van der Waals surface area contributed by atoms with Crippen LogP contribution in [0.3, 0.4) is 0 Å². The van der Waals surface area contributed by atoms with Gasteiger partial charge in [0.25, 0.3) is 0 Å². The lowest BCUT2D eigenvalue weighted by Crippen LogP contribution is -2.51. The maximum absolute atomic E-state index is 13.1. The second-order valence-electron chi connectivity index (χ2n) is 7.74. The number of amides is 2. The fraction of sp³-hybridized carbons (Fsp3) is 0.440. The fourth-order valence-electron chi connectivity index (χ4n) is 3.14. The van der Waals surface area contributed by atoms with Crippen LogP contribution in [0.4, 0.5) is 0 Å². The van der Waals surface area contributed by atoms with Crippen LogP contribution in [0.5, 0.6) is 0 Å². The first-order chi connectivity index (χ1) is 14.4. The molecule has 0 unspecified atom stereocenters. The molecule has 0 bridgehead atoms. The van der Waals surface area contributed by atoms with Gasteiger partial charge >= 0.3 is 0 Å². The van der Waals surface area contributed by atoms with Gasteiger partial charge in [-0.15, -0.1) is 11.8 Å². The Morgan fingerprint density at radius 1 is 1.03 bits per heavy atom. The molecule has 0 heterocycles. The summed E-state index contributed by atoms with van der Waals surface area (Å²) in [6.45, 7) is 8.47. The van der Waals surface area contributed by atoms with Crippen molar-refractivity contribution in [3.05, 3.63) is 71.3 Å². The summed E-state index contributed by atoms with van der Waals surface area (Å²) < 4.78 is 0. The number of hydrogen-bond acceptors (Lipinski definition) is 3. The first-order valence-corrected chi connectivity index (χ1v) is 11.8. The molecule has 162 valence electrons. The first-order valence-electron chi connectivity index (χ1n) is 10.7. The Labute approximate surface area is 185 Å². The van der Waals surface area contributed by atoms with Crippen LogP contribution >= 0.6 is 11.8 Å². The molecule has 2 atom stereocenters. The molecule has 0 saturated heterocycles. The Hall–Kier alpha value is -2.27. The quantitative estimate of drug-likeness (QED) is 0.571. The molecule has 2 aromatic rings. The van der Waals surface area contributed by atoms with Crippen LogP contribution in [0, 0.1) is 6.92 Å². The molecule has 2 rings (SSSR count). The van der Waals surface area contributed by atoms with Crippen molar-refractivity contribution in [2.75, 3.05) is 12.3 Å². The summed E-state index contributed by atoms with van der Waals surface area (Å²) in [6.07, 6.45) is 1.60. The van der Waals surface area contributed by atoms with E-state index in [0.29, 0.717) is 12.3 Å². The number of thioether (sulfide) groups is 1. The zero-order valence-corrected chi connectivity index (χ0v) is 19.4. The fourth-order valence-corrected chi connectivity index (χ4v) is 4.13. The highest BCUT2D eigenvalue weighted by Crippen LogP contribution is 2.17. The number of nitrogens with one attached hydrogen (secondary N) is 1. The highest BCUT2D eigenvalue weighted by Gasteiger charge is 2.26. The average Bonchev–Trinajstić information content (AvgIpc) is 2.75. The average molecular weight is 427 g/mol. The van der Waals surface area contributed by atoms with Gasteiger partial charge in [-0.05, 0) is 50.3 Å². The summed E-state index contributed by atoms with van der Waals surface area (Å²) in [5.41, 5.74) is 3.64. The molecule has 1 N–H and O–H groups in total. The smallest absolute Gasteiger partial charge is 0.242 e. The lowest BCUT2D eigenvalue weighted by molar-refractivity contribution is -0.138. The number of benzene rings is 2. The van der Waals surface area contributed by atoms with E-state index < -0.39 is 6.04 Å². The van der Waals surface area contributed by atoms with Crippen LogP contribution in [-0.2, 0) is 21.8 Å². The Bertz CT molecular complexity index is 810. The lowest BCUT2D eigenvalue weighted by atomic mass is 10.1. The standard InChI is InChI=1S/C25H34N2O2S/c1-5-20(3)26-25(29)21(4)27(16-15-22-12-7-6-8-13-22)24(28)18-30-17-23-14-10-9-11-19(23)2/h6-14,20-21H,5,15-18H2,1-4H3,(H,26,29)/t20-,21+/m0/s1. The summed E-state index contributed by atoms with van der Waals surface area (Å²) in [6, 6.07) is 17.9. The zero-order valence-electron chi connectivity index (χ0n) is 18.6. The van der Waals surface area contributed by atoms with Crippen molar-refractivity contribution in [1.29, 1.82) is 0 Å². The molecular weight excluding hydrogens is 392 g/mol. The Balaban J connectivity index is 2.01. The third-order valence-electron chi connectivity index (χ3n) is 5.40. The van der Waals surface area contributed by atoms with E-state index in [9.17, 15) is 9.59 Å². The maximum atomic E-state index is 13.1. The van der Waals surface area contributed by atoms with E-state index in [1.54, 1.807) is 16.7 Å². The van der Waals surface area contributed by atoms with Gasteiger partial charge in [-0.25, -0.2) is 0 Å². The van der Waals surface area contributed by atoms with Crippen molar-refractivity contribution in [2.45, 2.75) is 58.4 Å². The van der Waals surface area contributed by atoms with Crippen LogP contribution in [0.1, 0.15) is 43.9 Å². The number of carbonyl (C=O) groups excluding carboxylic acids is 2. The molecular formula is C25H34N2O2S. The van der Waals surface area contributed by atoms with Crippen LogP contribution in [0.25, 0.3) is 0 Å². The van der Waals surface area contributed by atoms with E-state index in [4.69, 9.17) is 0 Å². The largest absolute Gasteiger partial charge is 0.352 e. The van der Waals surface area contributed by atoms with Crippen molar-refractivity contribution in [3.8, 4) is 0 Å². The normalized spacial score (nSPS) is 12.8. The molecule has 0 fully saturated rings. The molecule has 4 nitrogen and oxygen atoms in total. The molecule has 30 heavy (non-hydrogen) atoms. The molecule has 2 amide bonds. The molecule has 0 aliphatic rings. The van der Waals surface area contributed by atoms with Gasteiger partial charge in [-0.2, -0.15) is 0 Å². The molecule has 0 radical (unpaired) electrons. The number of aryl methyl sites for hydroxylation is 1. The van der Waals surface area contributed by atoms with E-state index in [0.717, 1.165) is 24.2 Å². The van der Waals surface area contributed by atoms with E-state index in [2.05, 4.69) is 36.5 Å². The molecule has 2 aromatic carbocycles. The van der Waals surface area contributed by atoms with Gasteiger partial charge < -0.3 is 10.2 Å². The minimum absolute atomic E-state index is 0.0105. The molecule has 0 saturated carbocycles. The van der Waals surface area contributed by atoms with E-state index in [1.165, 1.54) is 11.1 Å². The summed E-state index contributed by atoms with van der Waals surface area (Å²) in [4.78, 5) is 27.5. The van der Waals surface area contributed by atoms with Crippen LogP contribution in [-0.4, -0.2) is 41.1 Å². The van der Waals surface area contributed by atoms with Crippen molar-refractivity contribution in [3.63, 3.8) is 0 Å². The minimum Gasteiger partial charge on any atom is -0.352 e. The Morgan fingerprint density at radius 2 is 1.70 bits per heavy atom. The monoisotopic (exact) mass is 426 g/mol. The summed E-state index contributed by atoms with van der Waals surface area (Å²) in [5, 5.41) is 3.01. The number of rotatable bonds is 11.